The molecule has 2 rings (SSSR count). The number of likely N-dealkylation sites (tertiary alicyclic amines) is 1. The lowest BCUT2D eigenvalue weighted by molar-refractivity contribution is 0.234. The van der Waals surface area contributed by atoms with E-state index in [0.717, 1.165) is 25.5 Å². The van der Waals surface area contributed by atoms with Gasteiger partial charge in [-0.1, -0.05) is 37.3 Å². The third-order valence-corrected chi connectivity index (χ3v) is 6.16. The second-order valence-corrected chi connectivity index (χ2v) is 8.60. The molecule has 0 radical (unpaired) electrons. The maximum atomic E-state index is 11.4. The predicted molar refractivity (Wildman–Crippen MR) is 103 cm³/mol. The highest BCUT2D eigenvalue weighted by molar-refractivity contribution is 7.89. The molecule has 25 heavy (non-hydrogen) atoms. The normalized spacial score (nSPS) is 22.0. The van der Waals surface area contributed by atoms with Crippen molar-refractivity contribution in [1.82, 2.24) is 14.9 Å². The number of aliphatic imine (C=N–C) groups is 1. The first kappa shape index (κ1) is 19.7. The van der Waals surface area contributed by atoms with E-state index in [4.69, 9.17) is 0 Å². The molecule has 140 valence electrons. The van der Waals surface area contributed by atoms with Crippen molar-refractivity contribution in [2.45, 2.75) is 26.2 Å². The molecule has 2 unspecified atom stereocenters. The number of rotatable bonds is 6. The number of benzene rings is 1. The van der Waals surface area contributed by atoms with Gasteiger partial charge in [0, 0.05) is 33.2 Å². The zero-order chi connectivity index (χ0) is 18.3. The number of piperidine rings is 1. The summed E-state index contributed by atoms with van der Waals surface area (Å²) in [4.78, 5) is 6.61. The summed E-state index contributed by atoms with van der Waals surface area (Å²) in [5.41, 5.74) is 1.41. The van der Waals surface area contributed by atoms with Gasteiger partial charge in [-0.2, -0.15) is 0 Å². The van der Waals surface area contributed by atoms with Crippen LogP contribution in [0, 0.1) is 5.92 Å². The second-order valence-electron chi connectivity index (χ2n) is 6.50. The van der Waals surface area contributed by atoms with Crippen LogP contribution in [0.3, 0.4) is 0 Å². The maximum absolute atomic E-state index is 11.4. The molecule has 1 aliphatic rings. The molecule has 1 saturated heterocycles. The fourth-order valence-electron chi connectivity index (χ4n) is 3.35. The minimum atomic E-state index is -3.14. The Balaban J connectivity index is 1.85. The van der Waals surface area contributed by atoms with E-state index in [1.54, 1.807) is 14.0 Å². The SMILES string of the molecule is CCS(=O)(=O)NCCNC(=NC)N1CCC(c2ccccc2)C(C)C1. The summed E-state index contributed by atoms with van der Waals surface area (Å²) in [6.45, 7) is 6.70. The van der Waals surface area contributed by atoms with Gasteiger partial charge in [0.15, 0.2) is 5.96 Å². The van der Waals surface area contributed by atoms with Gasteiger partial charge in [-0.25, -0.2) is 13.1 Å². The molecule has 0 aliphatic carbocycles. The molecule has 6 nitrogen and oxygen atoms in total. The molecule has 2 atom stereocenters. The summed E-state index contributed by atoms with van der Waals surface area (Å²) in [5.74, 6) is 2.06. The van der Waals surface area contributed by atoms with Crippen LogP contribution < -0.4 is 10.0 Å². The first-order chi connectivity index (χ1) is 12.0. The highest BCUT2D eigenvalue weighted by Gasteiger charge is 2.28. The summed E-state index contributed by atoms with van der Waals surface area (Å²) in [7, 11) is -1.37. The summed E-state index contributed by atoms with van der Waals surface area (Å²) in [6.07, 6.45) is 1.09. The number of guanidine groups is 1. The molecule has 0 aromatic heterocycles. The average molecular weight is 367 g/mol. The van der Waals surface area contributed by atoms with Crippen LogP contribution >= 0.6 is 0 Å². The summed E-state index contributed by atoms with van der Waals surface area (Å²) < 4.78 is 25.5. The Hall–Kier alpha value is -1.60. The molecule has 2 N–H and O–H groups in total. The average Bonchev–Trinajstić information content (AvgIpc) is 2.62. The van der Waals surface area contributed by atoms with Gasteiger partial charge in [0.1, 0.15) is 0 Å². The first-order valence-electron chi connectivity index (χ1n) is 8.94. The molecule has 0 spiro atoms. The number of nitrogens with one attached hydrogen (secondary N) is 2. The van der Waals surface area contributed by atoms with Crippen LogP contribution in [0.25, 0.3) is 0 Å². The van der Waals surface area contributed by atoms with Crippen molar-refractivity contribution < 1.29 is 8.42 Å². The molecule has 7 heteroatoms. The van der Waals surface area contributed by atoms with Crippen molar-refractivity contribution in [3.63, 3.8) is 0 Å². The first-order valence-corrected chi connectivity index (χ1v) is 10.6. The molecule has 1 aromatic rings. The molecule has 0 saturated carbocycles. The van der Waals surface area contributed by atoms with Crippen LogP contribution in [-0.4, -0.2) is 58.3 Å². The van der Waals surface area contributed by atoms with E-state index >= 15 is 0 Å². The summed E-state index contributed by atoms with van der Waals surface area (Å²) in [6, 6.07) is 10.7. The second kappa shape index (κ2) is 9.20. The van der Waals surface area contributed by atoms with Gasteiger partial charge in [0.05, 0.1) is 5.75 Å². The Labute approximate surface area is 151 Å². The van der Waals surface area contributed by atoms with E-state index in [0.29, 0.717) is 24.9 Å². The Bertz CT molecular complexity index is 661. The highest BCUT2D eigenvalue weighted by atomic mass is 32.2. The smallest absolute Gasteiger partial charge is 0.211 e. The van der Waals surface area contributed by atoms with E-state index in [1.807, 2.05) is 0 Å². The highest BCUT2D eigenvalue weighted by Crippen LogP contribution is 2.32. The van der Waals surface area contributed by atoms with Crippen molar-refractivity contribution in [2.24, 2.45) is 10.9 Å². The lowest BCUT2D eigenvalue weighted by Crippen LogP contribution is -2.49. The van der Waals surface area contributed by atoms with Crippen LogP contribution in [0.1, 0.15) is 31.7 Å². The van der Waals surface area contributed by atoms with Gasteiger partial charge in [0.25, 0.3) is 0 Å². The van der Waals surface area contributed by atoms with Gasteiger partial charge in [0.2, 0.25) is 10.0 Å². The zero-order valence-electron chi connectivity index (χ0n) is 15.4. The number of nitrogens with zero attached hydrogens (tertiary/aromatic N) is 2. The van der Waals surface area contributed by atoms with E-state index in [1.165, 1.54) is 5.56 Å². The molecule has 1 fully saturated rings. The molecular formula is C18H30N4O2S. The number of hydrogen-bond donors (Lipinski definition) is 2. The molecule has 1 aromatic carbocycles. The molecule has 0 bridgehead atoms. The molecule has 0 amide bonds. The van der Waals surface area contributed by atoms with E-state index in [2.05, 4.69) is 57.2 Å². The topological polar surface area (TPSA) is 73.8 Å². The van der Waals surface area contributed by atoms with Gasteiger partial charge in [-0.3, -0.25) is 4.99 Å². The molecular weight excluding hydrogens is 336 g/mol. The van der Waals surface area contributed by atoms with Crippen molar-refractivity contribution in [1.29, 1.82) is 0 Å². The van der Waals surface area contributed by atoms with Gasteiger partial charge in [-0.05, 0) is 30.7 Å². The Morgan fingerprint density at radius 3 is 2.60 bits per heavy atom. The minimum absolute atomic E-state index is 0.103. The third kappa shape index (κ3) is 5.71. The van der Waals surface area contributed by atoms with Crippen molar-refractivity contribution in [3.05, 3.63) is 35.9 Å². The lowest BCUT2D eigenvalue weighted by atomic mass is 9.82. The summed E-state index contributed by atoms with van der Waals surface area (Å²) in [5, 5.41) is 3.26. The number of sulfonamides is 1. The van der Waals surface area contributed by atoms with Gasteiger partial charge in [-0.15, -0.1) is 0 Å². The predicted octanol–water partition coefficient (Wildman–Crippen LogP) is 1.63. The third-order valence-electron chi connectivity index (χ3n) is 4.75. The standard InChI is InChI=1S/C18H30N4O2S/c1-4-25(23,24)21-12-11-20-18(19-3)22-13-10-17(15(2)14-22)16-8-6-5-7-9-16/h5-9,15,17,21H,4,10-14H2,1-3H3,(H,19,20). The van der Waals surface area contributed by atoms with Crippen LogP contribution in [-0.2, 0) is 10.0 Å². The van der Waals surface area contributed by atoms with E-state index < -0.39 is 10.0 Å². The Morgan fingerprint density at radius 1 is 1.28 bits per heavy atom. The monoisotopic (exact) mass is 366 g/mol. The van der Waals surface area contributed by atoms with E-state index in [9.17, 15) is 8.42 Å². The Kier molecular flexibility index (Phi) is 7.25. The van der Waals surface area contributed by atoms with Crippen LogP contribution in [0.5, 0.6) is 0 Å². The molecule has 1 heterocycles. The summed E-state index contributed by atoms with van der Waals surface area (Å²) >= 11 is 0. The van der Waals surface area contributed by atoms with Gasteiger partial charge < -0.3 is 10.2 Å². The van der Waals surface area contributed by atoms with Crippen LogP contribution in [0.15, 0.2) is 35.3 Å². The fraction of sp³-hybridized carbons (Fsp3) is 0.611. The van der Waals surface area contributed by atoms with Crippen molar-refractivity contribution >= 4 is 16.0 Å². The lowest BCUT2D eigenvalue weighted by Gasteiger charge is -2.39. The van der Waals surface area contributed by atoms with Crippen LogP contribution in [0.2, 0.25) is 0 Å². The quantitative estimate of drug-likeness (QED) is 0.456. The van der Waals surface area contributed by atoms with Crippen molar-refractivity contribution in [2.75, 3.05) is 39.0 Å². The van der Waals surface area contributed by atoms with Crippen molar-refractivity contribution in [3.8, 4) is 0 Å². The minimum Gasteiger partial charge on any atom is -0.355 e. The number of hydrogen-bond acceptors (Lipinski definition) is 3. The zero-order valence-corrected chi connectivity index (χ0v) is 16.2. The van der Waals surface area contributed by atoms with Crippen LogP contribution in [0.4, 0.5) is 0 Å². The van der Waals surface area contributed by atoms with Gasteiger partial charge >= 0.3 is 0 Å². The molecule has 1 aliphatic heterocycles. The largest absolute Gasteiger partial charge is 0.355 e. The Morgan fingerprint density at radius 2 is 2.00 bits per heavy atom. The maximum Gasteiger partial charge on any atom is 0.211 e. The van der Waals surface area contributed by atoms with E-state index in [-0.39, 0.29) is 5.75 Å². The fourth-order valence-corrected chi connectivity index (χ4v) is 3.97.